The molecule has 1 saturated heterocycles. The Morgan fingerprint density at radius 3 is 2.44 bits per heavy atom. The molecule has 0 saturated carbocycles. The predicted octanol–water partition coefficient (Wildman–Crippen LogP) is 1.47. The topological polar surface area (TPSA) is 69.7 Å². The molecule has 1 fully saturated rings. The van der Waals surface area contributed by atoms with Gasteiger partial charge >= 0.3 is 0 Å². The predicted molar refractivity (Wildman–Crippen MR) is 98.9 cm³/mol. The summed E-state index contributed by atoms with van der Waals surface area (Å²) in [5.41, 5.74) is 0.982. The highest BCUT2D eigenvalue weighted by Crippen LogP contribution is 2.17. The van der Waals surface area contributed by atoms with Gasteiger partial charge in [-0.15, -0.1) is 0 Å². The zero-order valence-corrected chi connectivity index (χ0v) is 16.2. The molecule has 1 unspecified atom stereocenters. The molecule has 1 aliphatic rings. The molecule has 6 nitrogen and oxygen atoms in total. The fourth-order valence-corrected chi connectivity index (χ4v) is 4.57. The van der Waals surface area contributed by atoms with Crippen molar-refractivity contribution in [3.63, 3.8) is 0 Å². The van der Waals surface area contributed by atoms with E-state index in [9.17, 15) is 13.2 Å². The van der Waals surface area contributed by atoms with Crippen LogP contribution in [0.4, 0.5) is 0 Å². The number of hydrogen-bond acceptors (Lipinski definition) is 4. The average Bonchev–Trinajstić information content (AvgIpc) is 2.61. The molecular formula is C18H29N3O3S. The van der Waals surface area contributed by atoms with Gasteiger partial charge in [0, 0.05) is 45.2 Å². The number of carbonyl (C=O) groups excluding carboxylic acids is 1. The highest BCUT2D eigenvalue weighted by molar-refractivity contribution is 7.89. The van der Waals surface area contributed by atoms with Crippen LogP contribution in [0.2, 0.25) is 0 Å². The Bertz CT molecular complexity index is 669. The summed E-state index contributed by atoms with van der Waals surface area (Å²) in [6.45, 7) is 9.00. The molecule has 0 spiro atoms. The number of nitrogens with zero attached hydrogens (tertiary/aromatic N) is 2. The van der Waals surface area contributed by atoms with E-state index in [1.54, 1.807) is 12.1 Å². The van der Waals surface area contributed by atoms with Gasteiger partial charge in [-0.3, -0.25) is 4.79 Å². The van der Waals surface area contributed by atoms with E-state index in [0.717, 1.165) is 25.2 Å². The average molecular weight is 368 g/mol. The molecule has 2 rings (SSSR count). The molecule has 0 aliphatic carbocycles. The molecule has 1 N–H and O–H groups in total. The number of rotatable bonds is 7. The minimum Gasteiger partial charge on any atom is -0.340 e. The molecule has 0 aromatic heterocycles. The summed E-state index contributed by atoms with van der Waals surface area (Å²) in [6, 6.07) is 7.23. The first kappa shape index (κ1) is 19.9. The van der Waals surface area contributed by atoms with Crippen molar-refractivity contribution < 1.29 is 13.2 Å². The maximum atomic E-state index is 12.5. The number of amides is 1. The van der Waals surface area contributed by atoms with Crippen LogP contribution in [0.15, 0.2) is 29.2 Å². The largest absolute Gasteiger partial charge is 0.340 e. The lowest BCUT2D eigenvalue weighted by molar-refractivity contribution is -0.132. The SMILES string of the molecule is CCN(CC)S(=O)(=O)c1ccc(CCC(=O)N2CCNC(C)C2)cc1. The van der Waals surface area contributed by atoms with Crippen LogP contribution in [0.3, 0.4) is 0 Å². The van der Waals surface area contributed by atoms with Crippen molar-refractivity contribution in [3.05, 3.63) is 29.8 Å². The Balaban J connectivity index is 1.95. The number of hydrogen-bond donors (Lipinski definition) is 1. The summed E-state index contributed by atoms with van der Waals surface area (Å²) in [4.78, 5) is 14.5. The van der Waals surface area contributed by atoms with Gasteiger partial charge in [0.2, 0.25) is 15.9 Å². The van der Waals surface area contributed by atoms with Gasteiger partial charge < -0.3 is 10.2 Å². The van der Waals surface area contributed by atoms with Crippen molar-refractivity contribution in [2.24, 2.45) is 0 Å². The first-order chi connectivity index (χ1) is 11.9. The molecule has 0 radical (unpaired) electrons. The summed E-state index contributed by atoms with van der Waals surface area (Å²) in [6.07, 6.45) is 1.08. The maximum absolute atomic E-state index is 12.5. The van der Waals surface area contributed by atoms with E-state index in [2.05, 4.69) is 12.2 Å². The standard InChI is InChI=1S/C18H29N3O3S/c1-4-21(5-2)25(23,24)17-9-6-16(7-10-17)8-11-18(22)20-13-12-19-15(3)14-20/h6-7,9-10,15,19H,4-5,8,11-14H2,1-3H3. The van der Waals surface area contributed by atoms with Crippen molar-refractivity contribution in [2.75, 3.05) is 32.7 Å². The van der Waals surface area contributed by atoms with Crippen molar-refractivity contribution in [1.29, 1.82) is 0 Å². The van der Waals surface area contributed by atoms with Gasteiger partial charge in [0.05, 0.1) is 4.90 Å². The summed E-state index contributed by atoms with van der Waals surface area (Å²) >= 11 is 0. The van der Waals surface area contributed by atoms with E-state index in [4.69, 9.17) is 0 Å². The number of nitrogens with one attached hydrogen (secondary N) is 1. The van der Waals surface area contributed by atoms with Crippen LogP contribution < -0.4 is 5.32 Å². The van der Waals surface area contributed by atoms with Crippen LogP contribution in [0, 0.1) is 0 Å². The third-order valence-corrected chi connectivity index (χ3v) is 6.68. The molecule has 1 aromatic carbocycles. The second-order valence-electron chi connectivity index (χ2n) is 6.43. The summed E-state index contributed by atoms with van der Waals surface area (Å²) < 4.78 is 26.4. The Morgan fingerprint density at radius 2 is 1.88 bits per heavy atom. The second kappa shape index (κ2) is 8.78. The van der Waals surface area contributed by atoms with Gasteiger partial charge in [0.25, 0.3) is 0 Å². The third kappa shape index (κ3) is 5.03. The van der Waals surface area contributed by atoms with Gasteiger partial charge in [-0.05, 0) is 31.0 Å². The minimum absolute atomic E-state index is 0.160. The van der Waals surface area contributed by atoms with Gasteiger partial charge in [0.15, 0.2) is 0 Å². The van der Waals surface area contributed by atoms with E-state index in [1.165, 1.54) is 4.31 Å². The molecule has 7 heteroatoms. The minimum atomic E-state index is -3.42. The smallest absolute Gasteiger partial charge is 0.243 e. The lowest BCUT2D eigenvalue weighted by Gasteiger charge is -2.32. The molecular weight excluding hydrogens is 338 g/mol. The third-order valence-electron chi connectivity index (χ3n) is 4.62. The van der Waals surface area contributed by atoms with Gasteiger partial charge in [-0.25, -0.2) is 8.42 Å². The number of piperazine rings is 1. The molecule has 25 heavy (non-hydrogen) atoms. The Kier molecular flexibility index (Phi) is 6.98. The summed E-state index contributed by atoms with van der Waals surface area (Å²) in [7, 11) is -3.42. The van der Waals surface area contributed by atoms with Crippen molar-refractivity contribution >= 4 is 15.9 Å². The fourth-order valence-electron chi connectivity index (χ4n) is 3.11. The number of carbonyl (C=O) groups is 1. The van der Waals surface area contributed by atoms with E-state index in [1.807, 2.05) is 30.9 Å². The highest BCUT2D eigenvalue weighted by atomic mass is 32.2. The molecule has 1 heterocycles. The van der Waals surface area contributed by atoms with Crippen LogP contribution in [0.25, 0.3) is 0 Å². The number of benzene rings is 1. The monoisotopic (exact) mass is 367 g/mol. The van der Waals surface area contributed by atoms with E-state index < -0.39 is 10.0 Å². The van der Waals surface area contributed by atoms with Gasteiger partial charge in [0.1, 0.15) is 0 Å². The lowest BCUT2D eigenvalue weighted by atomic mass is 10.1. The summed E-state index contributed by atoms with van der Waals surface area (Å²) in [5, 5.41) is 3.32. The van der Waals surface area contributed by atoms with Crippen LogP contribution in [0.5, 0.6) is 0 Å². The van der Waals surface area contributed by atoms with Gasteiger partial charge in [-0.1, -0.05) is 26.0 Å². The van der Waals surface area contributed by atoms with E-state index in [-0.39, 0.29) is 5.91 Å². The molecule has 1 amide bonds. The Hall–Kier alpha value is -1.44. The fraction of sp³-hybridized carbons (Fsp3) is 0.611. The molecule has 1 aliphatic heterocycles. The van der Waals surface area contributed by atoms with E-state index in [0.29, 0.717) is 36.9 Å². The van der Waals surface area contributed by atoms with Crippen molar-refractivity contribution in [2.45, 2.75) is 44.6 Å². The van der Waals surface area contributed by atoms with Gasteiger partial charge in [-0.2, -0.15) is 4.31 Å². The quantitative estimate of drug-likeness (QED) is 0.792. The number of aryl methyl sites for hydroxylation is 1. The van der Waals surface area contributed by atoms with Crippen molar-refractivity contribution in [3.8, 4) is 0 Å². The highest BCUT2D eigenvalue weighted by Gasteiger charge is 2.22. The van der Waals surface area contributed by atoms with E-state index >= 15 is 0 Å². The van der Waals surface area contributed by atoms with Crippen LogP contribution in [-0.2, 0) is 21.2 Å². The first-order valence-electron chi connectivity index (χ1n) is 8.98. The first-order valence-corrected chi connectivity index (χ1v) is 10.4. The van der Waals surface area contributed by atoms with Crippen LogP contribution in [0.1, 0.15) is 32.8 Å². The molecule has 1 atom stereocenters. The Labute approximate surface area is 151 Å². The van der Waals surface area contributed by atoms with Crippen LogP contribution >= 0.6 is 0 Å². The Morgan fingerprint density at radius 1 is 1.24 bits per heavy atom. The van der Waals surface area contributed by atoms with Crippen LogP contribution in [-0.4, -0.2) is 62.3 Å². The molecule has 140 valence electrons. The molecule has 0 bridgehead atoms. The second-order valence-corrected chi connectivity index (χ2v) is 8.37. The zero-order chi connectivity index (χ0) is 18.4. The summed E-state index contributed by atoms with van der Waals surface area (Å²) in [5.74, 6) is 0.160. The maximum Gasteiger partial charge on any atom is 0.243 e. The van der Waals surface area contributed by atoms with Crippen molar-refractivity contribution in [1.82, 2.24) is 14.5 Å². The molecule has 1 aromatic rings. The zero-order valence-electron chi connectivity index (χ0n) is 15.4. The number of sulfonamides is 1. The normalized spacial score (nSPS) is 18.6. The lowest BCUT2D eigenvalue weighted by Crippen LogP contribution is -2.51.